The fourth-order valence-corrected chi connectivity index (χ4v) is 5.02. The Balaban J connectivity index is 1.77. The van der Waals surface area contributed by atoms with Crippen LogP contribution < -0.4 is 4.74 Å². The predicted octanol–water partition coefficient (Wildman–Crippen LogP) is 1.49. The maximum atomic E-state index is 13.1. The van der Waals surface area contributed by atoms with Gasteiger partial charge >= 0.3 is 0 Å². The third-order valence-corrected chi connectivity index (χ3v) is 6.54. The number of amides is 1. The molecule has 1 aromatic rings. The molecule has 0 N–H and O–H groups in total. The van der Waals surface area contributed by atoms with Crippen LogP contribution in [0.5, 0.6) is 5.75 Å². The summed E-state index contributed by atoms with van der Waals surface area (Å²) in [5.74, 6) is 0.510. The number of nitrogens with zero attached hydrogens (tertiary/aromatic N) is 2. The van der Waals surface area contributed by atoms with E-state index >= 15 is 0 Å². The molecule has 7 nitrogen and oxygen atoms in total. The first kappa shape index (κ1) is 19.1. The molecule has 1 amide bonds. The minimum atomic E-state index is -3.72. The van der Waals surface area contributed by atoms with E-state index in [1.54, 1.807) is 29.2 Å². The Kier molecular flexibility index (Phi) is 5.84. The Labute approximate surface area is 154 Å². The molecule has 2 heterocycles. The van der Waals surface area contributed by atoms with Gasteiger partial charge in [-0.3, -0.25) is 4.79 Å². The van der Waals surface area contributed by atoms with Crippen LogP contribution in [0.3, 0.4) is 0 Å². The molecular formula is C18H26N2O5S. The molecule has 3 rings (SSSR count). The lowest BCUT2D eigenvalue weighted by Gasteiger charge is -2.32. The Hall–Kier alpha value is -1.64. The van der Waals surface area contributed by atoms with E-state index in [0.717, 1.165) is 0 Å². The van der Waals surface area contributed by atoms with E-state index in [1.807, 2.05) is 13.8 Å². The van der Waals surface area contributed by atoms with Crippen LogP contribution in [0.1, 0.15) is 26.7 Å². The van der Waals surface area contributed by atoms with E-state index < -0.39 is 16.1 Å². The number of ether oxygens (including phenoxy) is 2. The van der Waals surface area contributed by atoms with E-state index in [9.17, 15) is 13.2 Å². The van der Waals surface area contributed by atoms with Crippen LogP contribution in [0.2, 0.25) is 0 Å². The molecular weight excluding hydrogens is 356 g/mol. The van der Waals surface area contributed by atoms with Crippen LogP contribution in [0.15, 0.2) is 29.2 Å². The Bertz CT molecular complexity index is 726. The first-order chi connectivity index (χ1) is 12.4. The predicted molar refractivity (Wildman–Crippen MR) is 96.5 cm³/mol. The van der Waals surface area contributed by atoms with Crippen LogP contribution in [0.4, 0.5) is 0 Å². The number of sulfonamides is 1. The first-order valence-corrected chi connectivity index (χ1v) is 10.5. The van der Waals surface area contributed by atoms with Crippen LogP contribution >= 0.6 is 0 Å². The van der Waals surface area contributed by atoms with Gasteiger partial charge < -0.3 is 14.4 Å². The van der Waals surface area contributed by atoms with Gasteiger partial charge in [0.1, 0.15) is 11.8 Å². The summed E-state index contributed by atoms with van der Waals surface area (Å²) >= 11 is 0. The zero-order valence-electron chi connectivity index (χ0n) is 15.3. The zero-order chi connectivity index (χ0) is 18.7. The number of rotatable bonds is 5. The molecule has 2 aliphatic rings. The molecule has 8 heteroatoms. The van der Waals surface area contributed by atoms with Gasteiger partial charge in [-0.2, -0.15) is 4.31 Å². The molecule has 26 heavy (non-hydrogen) atoms. The second-order valence-electron chi connectivity index (χ2n) is 6.85. The van der Waals surface area contributed by atoms with Gasteiger partial charge in [-0.05, 0) is 51.0 Å². The average molecular weight is 382 g/mol. The summed E-state index contributed by atoms with van der Waals surface area (Å²) in [5, 5.41) is 0. The minimum absolute atomic E-state index is 0.0200. The normalized spacial score (nSPS) is 22.0. The lowest BCUT2D eigenvalue weighted by molar-refractivity contribution is -0.138. The van der Waals surface area contributed by atoms with E-state index in [-0.39, 0.29) is 16.9 Å². The summed E-state index contributed by atoms with van der Waals surface area (Å²) in [7, 11) is -3.72. The number of carbonyl (C=O) groups excluding carboxylic acids is 1. The molecule has 0 spiro atoms. The van der Waals surface area contributed by atoms with Gasteiger partial charge in [0, 0.05) is 19.6 Å². The van der Waals surface area contributed by atoms with E-state index in [0.29, 0.717) is 51.4 Å². The van der Waals surface area contributed by atoms with Crippen molar-refractivity contribution >= 4 is 15.9 Å². The largest absolute Gasteiger partial charge is 0.491 e. The van der Waals surface area contributed by atoms with Crippen LogP contribution in [-0.2, 0) is 19.6 Å². The molecule has 1 atom stereocenters. The molecule has 1 aromatic carbocycles. The topological polar surface area (TPSA) is 76.2 Å². The highest BCUT2D eigenvalue weighted by Gasteiger charge is 2.41. The second kappa shape index (κ2) is 7.94. The fourth-order valence-electron chi connectivity index (χ4n) is 3.37. The summed E-state index contributed by atoms with van der Waals surface area (Å²) in [6.07, 6.45) is 1.27. The summed E-state index contributed by atoms with van der Waals surface area (Å²) in [5.41, 5.74) is 0. The Morgan fingerprint density at radius 2 is 1.81 bits per heavy atom. The van der Waals surface area contributed by atoms with Gasteiger partial charge in [0.05, 0.1) is 24.2 Å². The molecule has 0 radical (unpaired) electrons. The number of morpholine rings is 1. The van der Waals surface area contributed by atoms with E-state index in [2.05, 4.69) is 0 Å². The van der Waals surface area contributed by atoms with Crippen molar-refractivity contribution in [2.45, 2.75) is 43.7 Å². The summed E-state index contributed by atoms with van der Waals surface area (Å²) in [6.45, 7) is 6.24. The van der Waals surface area contributed by atoms with Crippen molar-refractivity contribution in [3.8, 4) is 5.75 Å². The van der Waals surface area contributed by atoms with Gasteiger partial charge in [0.15, 0.2) is 0 Å². The molecule has 0 saturated carbocycles. The zero-order valence-corrected chi connectivity index (χ0v) is 16.1. The lowest BCUT2D eigenvalue weighted by atomic mass is 10.2. The highest BCUT2D eigenvalue weighted by Crippen LogP contribution is 2.28. The monoisotopic (exact) mass is 382 g/mol. The van der Waals surface area contributed by atoms with Crippen molar-refractivity contribution in [1.82, 2.24) is 9.21 Å². The van der Waals surface area contributed by atoms with Crippen LogP contribution in [-0.4, -0.2) is 68.5 Å². The maximum absolute atomic E-state index is 13.1. The molecule has 2 saturated heterocycles. The molecule has 0 aromatic heterocycles. The van der Waals surface area contributed by atoms with Crippen LogP contribution in [0.25, 0.3) is 0 Å². The highest BCUT2D eigenvalue weighted by atomic mass is 32.2. The molecule has 144 valence electrons. The molecule has 2 aliphatic heterocycles. The number of hydrogen-bond acceptors (Lipinski definition) is 5. The summed E-state index contributed by atoms with van der Waals surface area (Å²) < 4.78 is 38.3. The molecule has 2 fully saturated rings. The SMILES string of the molecule is CC(C)Oc1ccc(S(=O)(=O)N2CCC[C@H]2C(=O)N2CCOCC2)cc1. The number of benzene rings is 1. The Morgan fingerprint density at radius 1 is 1.15 bits per heavy atom. The van der Waals surface area contributed by atoms with Crippen molar-refractivity contribution in [1.29, 1.82) is 0 Å². The van der Waals surface area contributed by atoms with Crippen molar-refractivity contribution in [3.05, 3.63) is 24.3 Å². The van der Waals surface area contributed by atoms with E-state index in [4.69, 9.17) is 9.47 Å². The maximum Gasteiger partial charge on any atom is 0.243 e. The summed E-state index contributed by atoms with van der Waals surface area (Å²) in [4.78, 5) is 14.7. The standard InChI is InChI=1S/C18H26N2O5S/c1-14(2)25-15-5-7-16(8-6-15)26(22,23)20-9-3-4-17(20)18(21)19-10-12-24-13-11-19/h5-8,14,17H,3-4,9-13H2,1-2H3/t17-/m0/s1. The third-order valence-electron chi connectivity index (χ3n) is 4.61. The highest BCUT2D eigenvalue weighted by molar-refractivity contribution is 7.89. The van der Waals surface area contributed by atoms with Crippen molar-refractivity contribution in [3.63, 3.8) is 0 Å². The van der Waals surface area contributed by atoms with Crippen molar-refractivity contribution < 1.29 is 22.7 Å². The van der Waals surface area contributed by atoms with Gasteiger partial charge in [-0.25, -0.2) is 8.42 Å². The minimum Gasteiger partial charge on any atom is -0.491 e. The third kappa shape index (κ3) is 4.02. The smallest absolute Gasteiger partial charge is 0.243 e. The lowest BCUT2D eigenvalue weighted by Crippen LogP contribution is -2.50. The van der Waals surface area contributed by atoms with Gasteiger partial charge in [-0.15, -0.1) is 0 Å². The summed E-state index contributed by atoms with van der Waals surface area (Å²) in [6, 6.07) is 5.77. The van der Waals surface area contributed by atoms with E-state index in [1.165, 1.54) is 4.31 Å². The second-order valence-corrected chi connectivity index (χ2v) is 8.74. The quantitative estimate of drug-likeness (QED) is 0.771. The fraction of sp³-hybridized carbons (Fsp3) is 0.611. The number of hydrogen-bond donors (Lipinski definition) is 0. The van der Waals surface area contributed by atoms with Crippen LogP contribution in [0, 0.1) is 0 Å². The van der Waals surface area contributed by atoms with Crippen molar-refractivity contribution in [2.24, 2.45) is 0 Å². The first-order valence-electron chi connectivity index (χ1n) is 9.04. The van der Waals surface area contributed by atoms with Crippen molar-refractivity contribution in [2.75, 3.05) is 32.8 Å². The van der Waals surface area contributed by atoms with Gasteiger partial charge in [0.2, 0.25) is 15.9 Å². The molecule has 0 bridgehead atoms. The average Bonchev–Trinajstić information content (AvgIpc) is 3.12. The van der Waals surface area contributed by atoms with Gasteiger partial charge in [-0.1, -0.05) is 0 Å². The van der Waals surface area contributed by atoms with Gasteiger partial charge in [0.25, 0.3) is 0 Å². The molecule has 0 aliphatic carbocycles. The Morgan fingerprint density at radius 3 is 2.42 bits per heavy atom. The number of carbonyl (C=O) groups is 1. The molecule has 0 unspecified atom stereocenters.